The van der Waals surface area contributed by atoms with Gasteiger partial charge in [0, 0.05) is 0 Å². The molecule has 0 aromatic rings. The van der Waals surface area contributed by atoms with Crippen LogP contribution in [0.15, 0.2) is 11.6 Å². The first-order valence-electron chi connectivity index (χ1n) is 4.52. The van der Waals surface area contributed by atoms with Gasteiger partial charge in [0.2, 0.25) is 0 Å². The summed E-state index contributed by atoms with van der Waals surface area (Å²) in [5.74, 6) is 3.08. The minimum absolute atomic E-state index is 1.11. The van der Waals surface area contributed by atoms with E-state index in [-0.39, 0.29) is 0 Å². The van der Waals surface area contributed by atoms with E-state index in [1.54, 1.807) is 0 Å². The van der Waals surface area contributed by atoms with Crippen LogP contribution in [0, 0.1) is 11.5 Å². The standard InChI is InChI=1S/C10H16OSi/c1-12(2,11)9-8-10-6-4-3-5-7-10/h6,11H,3-5,7H2,1-2H3. The summed E-state index contributed by atoms with van der Waals surface area (Å²) >= 11 is 0. The van der Waals surface area contributed by atoms with Crippen molar-refractivity contribution in [1.29, 1.82) is 0 Å². The third kappa shape index (κ3) is 3.75. The summed E-state index contributed by atoms with van der Waals surface area (Å²) < 4.78 is 0. The molecule has 0 fully saturated rings. The zero-order valence-electron chi connectivity index (χ0n) is 7.85. The lowest BCUT2D eigenvalue weighted by Gasteiger charge is -2.07. The van der Waals surface area contributed by atoms with E-state index >= 15 is 0 Å². The van der Waals surface area contributed by atoms with Gasteiger partial charge in [-0.3, -0.25) is 0 Å². The van der Waals surface area contributed by atoms with Gasteiger partial charge >= 0.3 is 0 Å². The van der Waals surface area contributed by atoms with Crippen molar-refractivity contribution in [2.24, 2.45) is 0 Å². The van der Waals surface area contributed by atoms with Gasteiger partial charge in [-0.25, -0.2) is 0 Å². The molecule has 0 saturated carbocycles. The van der Waals surface area contributed by atoms with E-state index in [1.807, 2.05) is 13.1 Å². The molecule has 0 spiro atoms. The molecule has 1 nitrogen and oxygen atoms in total. The second-order valence-electron chi connectivity index (χ2n) is 3.78. The molecule has 0 heterocycles. The Bertz CT molecular complexity index is 237. The highest BCUT2D eigenvalue weighted by Crippen LogP contribution is 2.16. The lowest BCUT2D eigenvalue weighted by atomic mass is 10.0. The van der Waals surface area contributed by atoms with Crippen LogP contribution in [0.3, 0.4) is 0 Å². The first kappa shape index (κ1) is 9.56. The predicted octanol–water partition coefficient (Wildman–Crippen LogP) is 2.23. The summed E-state index contributed by atoms with van der Waals surface area (Å²) in [4.78, 5) is 9.49. The summed E-state index contributed by atoms with van der Waals surface area (Å²) in [7, 11) is -2.14. The smallest absolute Gasteiger partial charge is 0.263 e. The molecule has 12 heavy (non-hydrogen) atoms. The third-order valence-electron chi connectivity index (χ3n) is 1.82. The maximum Gasteiger partial charge on any atom is 0.263 e. The molecule has 1 aliphatic carbocycles. The average molecular weight is 180 g/mol. The fraction of sp³-hybridized carbons (Fsp3) is 0.600. The van der Waals surface area contributed by atoms with Gasteiger partial charge in [0.05, 0.1) is 0 Å². The predicted molar refractivity (Wildman–Crippen MR) is 54.0 cm³/mol. The summed E-state index contributed by atoms with van der Waals surface area (Å²) in [6.45, 7) is 3.70. The summed E-state index contributed by atoms with van der Waals surface area (Å²) in [6.07, 6.45) is 7.03. The zero-order chi connectivity index (χ0) is 9.03. The van der Waals surface area contributed by atoms with Gasteiger partial charge in [0.25, 0.3) is 8.32 Å². The van der Waals surface area contributed by atoms with Crippen molar-refractivity contribution in [1.82, 2.24) is 0 Å². The van der Waals surface area contributed by atoms with Crippen LogP contribution in [-0.4, -0.2) is 13.1 Å². The second-order valence-corrected chi connectivity index (χ2v) is 7.15. The average Bonchev–Trinajstić information content (AvgIpc) is 2.02. The maximum atomic E-state index is 9.49. The molecule has 0 saturated heterocycles. The van der Waals surface area contributed by atoms with E-state index in [1.165, 1.54) is 18.4 Å². The largest absolute Gasteiger partial charge is 0.422 e. The van der Waals surface area contributed by atoms with E-state index in [4.69, 9.17) is 0 Å². The van der Waals surface area contributed by atoms with E-state index in [0.29, 0.717) is 0 Å². The van der Waals surface area contributed by atoms with Crippen molar-refractivity contribution in [2.45, 2.75) is 38.8 Å². The van der Waals surface area contributed by atoms with Crippen LogP contribution in [0.1, 0.15) is 25.7 Å². The minimum atomic E-state index is -2.14. The fourth-order valence-electron chi connectivity index (χ4n) is 1.18. The van der Waals surface area contributed by atoms with Crippen molar-refractivity contribution in [3.63, 3.8) is 0 Å². The molecule has 1 N–H and O–H groups in total. The first-order chi connectivity index (χ1) is 5.58. The minimum Gasteiger partial charge on any atom is -0.422 e. The van der Waals surface area contributed by atoms with Crippen molar-refractivity contribution in [2.75, 3.05) is 0 Å². The number of hydrogen-bond acceptors (Lipinski definition) is 1. The quantitative estimate of drug-likeness (QED) is 0.448. The molecule has 0 unspecified atom stereocenters. The molecular formula is C10H16OSi. The first-order valence-corrected chi connectivity index (χ1v) is 7.47. The Morgan fingerprint density at radius 2 is 2.17 bits per heavy atom. The van der Waals surface area contributed by atoms with Crippen molar-refractivity contribution >= 4 is 8.32 Å². The van der Waals surface area contributed by atoms with Gasteiger partial charge in [0.15, 0.2) is 0 Å². The summed E-state index contributed by atoms with van der Waals surface area (Å²) in [5, 5.41) is 0. The lowest BCUT2D eigenvalue weighted by Crippen LogP contribution is -2.22. The number of rotatable bonds is 0. The number of hydrogen-bond donors (Lipinski definition) is 1. The van der Waals surface area contributed by atoms with Crippen LogP contribution in [-0.2, 0) is 0 Å². The van der Waals surface area contributed by atoms with Crippen LogP contribution >= 0.6 is 0 Å². The zero-order valence-corrected chi connectivity index (χ0v) is 8.85. The fourth-order valence-corrected chi connectivity index (χ4v) is 1.65. The van der Waals surface area contributed by atoms with Crippen molar-refractivity contribution < 1.29 is 4.80 Å². The lowest BCUT2D eigenvalue weighted by molar-refractivity contribution is 0.570. The van der Waals surface area contributed by atoms with Crippen LogP contribution in [0.25, 0.3) is 0 Å². The van der Waals surface area contributed by atoms with Crippen LogP contribution in [0.4, 0.5) is 0 Å². The Labute approximate surface area is 75.6 Å². The molecule has 1 rings (SSSR count). The van der Waals surface area contributed by atoms with Crippen molar-refractivity contribution in [3.8, 4) is 11.5 Å². The van der Waals surface area contributed by atoms with Crippen molar-refractivity contribution in [3.05, 3.63) is 11.6 Å². The summed E-state index contributed by atoms with van der Waals surface area (Å²) in [5.41, 5.74) is 4.20. The molecule has 1 aliphatic rings. The molecule has 2 heteroatoms. The van der Waals surface area contributed by atoms with Crippen LogP contribution in [0.2, 0.25) is 13.1 Å². The SMILES string of the molecule is C[Si](C)(O)C#CC1=CCCCC1. The summed E-state index contributed by atoms with van der Waals surface area (Å²) in [6, 6.07) is 0. The maximum absolute atomic E-state index is 9.49. The van der Waals surface area contributed by atoms with Gasteiger partial charge in [-0.15, -0.1) is 0 Å². The molecule has 0 amide bonds. The van der Waals surface area contributed by atoms with Gasteiger partial charge in [-0.05, 0) is 44.4 Å². The molecule has 0 aromatic heterocycles. The molecule has 0 aliphatic heterocycles. The molecule has 0 radical (unpaired) electrons. The molecule has 0 atom stereocenters. The van der Waals surface area contributed by atoms with Gasteiger partial charge in [-0.2, -0.15) is 0 Å². The molecule has 0 bridgehead atoms. The molecule has 0 aromatic carbocycles. The van der Waals surface area contributed by atoms with E-state index in [0.717, 1.165) is 12.8 Å². The Morgan fingerprint density at radius 3 is 2.67 bits per heavy atom. The Hall–Kier alpha value is -0.523. The Kier molecular flexibility index (Phi) is 3.13. The highest BCUT2D eigenvalue weighted by molar-refractivity contribution is 6.78. The highest BCUT2D eigenvalue weighted by Gasteiger charge is 2.12. The number of allylic oxidation sites excluding steroid dienone is 2. The van der Waals surface area contributed by atoms with Gasteiger partial charge < -0.3 is 4.80 Å². The second kappa shape index (κ2) is 3.93. The van der Waals surface area contributed by atoms with E-state index < -0.39 is 8.32 Å². The normalized spacial score (nSPS) is 17.8. The van der Waals surface area contributed by atoms with Gasteiger partial charge in [0.1, 0.15) is 0 Å². The Morgan fingerprint density at radius 1 is 1.42 bits per heavy atom. The topological polar surface area (TPSA) is 20.2 Å². The monoisotopic (exact) mass is 180 g/mol. The highest BCUT2D eigenvalue weighted by atomic mass is 28.4. The van der Waals surface area contributed by atoms with E-state index in [2.05, 4.69) is 17.5 Å². The van der Waals surface area contributed by atoms with Gasteiger partial charge in [-0.1, -0.05) is 17.5 Å². The molecular weight excluding hydrogens is 164 g/mol. The van der Waals surface area contributed by atoms with E-state index in [9.17, 15) is 4.80 Å². The van der Waals surface area contributed by atoms with Crippen LogP contribution in [0.5, 0.6) is 0 Å². The van der Waals surface area contributed by atoms with Crippen LogP contribution < -0.4 is 0 Å². The molecule has 66 valence electrons. The third-order valence-corrected chi connectivity index (χ3v) is 2.56. The Balaban J connectivity index is 2.58.